The van der Waals surface area contributed by atoms with Gasteiger partial charge in [-0.1, -0.05) is 11.8 Å². The minimum absolute atomic E-state index is 0.0491. The van der Waals surface area contributed by atoms with E-state index in [1.165, 1.54) is 11.8 Å². The van der Waals surface area contributed by atoms with E-state index in [2.05, 4.69) is 15.0 Å². The van der Waals surface area contributed by atoms with Gasteiger partial charge in [-0.05, 0) is 12.1 Å². The number of nitrogens with zero attached hydrogens (tertiary/aromatic N) is 3. The number of amidine groups is 1. The molecule has 80 valence electrons. The molecule has 0 bridgehead atoms. The van der Waals surface area contributed by atoms with Crippen LogP contribution >= 0.6 is 11.8 Å². The second-order valence-corrected chi connectivity index (χ2v) is 3.97. The van der Waals surface area contributed by atoms with Crippen molar-refractivity contribution in [1.82, 2.24) is 15.0 Å². The highest BCUT2D eigenvalue weighted by molar-refractivity contribution is 7.99. The van der Waals surface area contributed by atoms with Crippen LogP contribution < -0.4 is 5.73 Å². The number of rotatable bonds is 3. The molecule has 0 aliphatic rings. The van der Waals surface area contributed by atoms with Crippen molar-refractivity contribution in [2.45, 2.75) is 9.92 Å². The number of nitrogens with two attached hydrogens (primary N) is 1. The molecule has 6 heteroatoms. The van der Waals surface area contributed by atoms with E-state index in [-0.39, 0.29) is 5.84 Å². The van der Waals surface area contributed by atoms with Crippen LogP contribution in [-0.2, 0) is 0 Å². The molecule has 0 saturated heterocycles. The largest absolute Gasteiger partial charge is 0.382 e. The minimum atomic E-state index is -0.0491. The van der Waals surface area contributed by atoms with Gasteiger partial charge in [0.25, 0.3) is 0 Å². The van der Waals surface area contributed by atoms with Gasteiger partial charge in [-0.15, -0.1) is 0 Å². The average Bonchev–Trinajstić information content (AvgIpc) is 2.31. The molecule has 0 atom stereocenters. The molecule has 0 spiro atoms. The zero-order valence-corrected chi connectivity index (χ0v) is 9.11. The standard InChI is InChI=1S/C10H9N5S/c11-10(12)9-7(2-1-3-15-9)16-8-6-13-4-5-14-8/h1-6H,(H3,11,12). The van der Waals surface area contributed by atoms with E-state index >= 15 is 0 Å². The predicted molar refractivity (Wildman–Crippen MR) is 61.4 cm³/mol. The molecule has 2 rings (SSSR count). The van der Waals surface area contributed by atoms with E-state index in [4.69, 9.17) is 11.1 Å². The summed E-state index contributed by atoms with van der Waals surface area (Å²) in [6.07, 6.45) is 6.49. The van der Waals surface area contributed by atoms with Gasteiger partial charge in [-0.2, -0.15) is 0 Å². The van der Waals surface area contributed by atoms with Gasteiger partial charge < -0.3 is 5.73 Å². The first kappa shape index (κ1) is 10.6. The molecule has 2 heterocycles. The number of hydrogen-bond donors (Lipinski definition) is 2. The Labute approximate surface area is 96.7 Å². The summed E-state index contributed by atoms with van der Waals surface area (Å²) in [4.78, 5) is 13.0. The van der Waals surface area contributed by atoms with E-state index in [1.54, 1.807) is 30.9 Å². The second-order valence-electron chi connectivity index (χ2n) is 2.91. The van der Waals surface area contributed by atoms with Crippen molar-refractivity contribution in [2.75, 3.05) is 0 Å². The van der Waals surface area contributed by atoms with Crippen molar-refractivity contribution in [3.05, 3.63) is 42.6 Å². The molecule has 0 unspecified atom stereocenters. The highest BCUT2D eigenvalue weighted by Gasteiger charge is 2.08. The summed E-state index contributed by atoms with van der Waals surface area (Å²) in [6, 6.07) is 3.65. The minimum Gasteiger partial charge on any atom is -0.382 e. The fourth-order valence-corrected chi connectivity index (χ4v) is 1.98. The number of nitrogen functional groups attached to an aromatic ring is 1. The molecule has 0 radical (unpaired) electrons. The van der Waals surface area contributed by atoms with Crippen molar-refractivity contribution in [3.63, 3.8) is 0 Å². The monoisotopic (exact) mass is 231 g/mol. The Bertz CT molecular complexity index is 500. The zero-order chi connectivity index (χ0) is 11.4. The van der Waals surface area contributed by atoms with Crippen LogP contribution in [-0.4, -0.2) is 20.8 Å². The average molecular weight is 231 g/mol. The summed E-state index contributed by atoms with van der Waals surface area (Å²) in [6.45, 7) is 0. The van der Waals surface area contributed by atoms with Crippen LogP contribution in [0.2, 0.25) is 0 Å². The summed E-state index contributed by atoms with van der Waals surface area (Å²) >= 11 is 1.39. The maximum atomic E-state index is 7.41. The summed E-state index contributed by atoms with van der Waals surface area (Å²) in [7, 11) is 0. The molecule has 5 nitrogen and oxygen atoms in total. The molecule has 0 amide bonds. The first-order chi connectivity index (χ1) is 7.77. The van der Waals surface area contributed by atoms with Crippen molar-refractivity contribution >= 4 is 17.6 Å². The fraction of sp³-hybridized carbons (Fsp3) is 0. The highest BCUT2D eigenvalue weighted by Crippen LogP contribution is 2.26. The summed E-state index contributed by atoms with van der Waals surface area (Å²) < 4.78 is 0. The van der Waals surface area contributed by atoms with Gasteiger partial charge in [0.05, 0.1) is 6.20 Å². The van der Waals surface area contributed by atoms with E-state index in [9.17, 15) is 0 Å². The van der Waals surface area contributed by atoms with E-state index < -0.39 is 0 Å². The zero-order valence-electron chi connectivity index (χ0n) is 8.29. The Morgan fingerprint density at radius 2 is 2.12 bits per heavy atom. The number of nitrogens with one attached hydrogen (secondary N) is 1. The third kappa shape index (κ3) is 2.34. The molecule has 0 saturated carbocycles. The molecule has 16 heavy (non-hydrogen) atoms. The van der Waals surface area contributed by atoms with Gasteiger partial charge in [0.15, 0.2) is 0 Å². The van der Waals surface area contributed by atoms with Gasteiger partial charge in [0, 0.05) is 23.5 Å². The van der Waals surface area contributed by atoms with Crippen LogP contribution in [0.3, 0.4) is 0 Å². The molecule has 3 N–H and O–H groups in total. The Morgan fingerprint density at radius 1 is 1.25 bits per heavy atom. The SMILES string of the molecule is N=C(N)c1ncccc1Sc1cnccn1. The van der Waals surface area contributed by atoms with Crippen LogP contribution in [0.15, 0.2) is 46.8 Å². The molecule has 2 aromatic heterocycles. The molecular formula is C10H9N5S. The van der Waals surface area contributed by atoms with E-state index in [1.807, 2.05) is 6.07 Å². The third-order valence-electron chi connectivity index (χ3n) is 1.78. The Hall–Kier alpha value is -1.95. The first-order valence-electron chi connectivity index (χ1n) is 4.50. The lowest BCUT2D eigenvalue weighted by Gasteiger charge is -2.04. The molecule has 0 aliphatic heterocycles. The normalized spacial score (nSPS) is 10.0. The number of hydrogen-bond acceptors (Lipinski definition) is 5. The lowest BCUT2D eigenvalue weighted by atomic mass is 10.3. The van der Waals surface area contributed by atoms with Crippen molar-refractivity contribution in [2.24, 2.45) is 5.73 Å². The Kier molecular flexibility index (Phi) is 3.11. The summed E-state index contributed by atoms with van der Waals surface area (Å²) in [5.41, 5.74) is 5.91. The highest BCUT2D eigenvalue weighted by atomic mass is 32.2. The van der Waals surface area contributed by atoms with Gasteiger partial charge >= 0.3 is 0 Å². The summed E-state index contributed by atoms with van der Waals surface area (Å²) in [5, 5.41) is 8.16. The maximum Gasteiger partial charge on any atom is 0.142 e. The van der Waals surface area contributed by atoms with Crippen LogP contribution in [0, 0.1) is 5.41 Å². The van der Waals surface area contributed by atoms with Crippen LogP contribution in [0.5, 0.6) is 0 Å². The van der Waals surface area contributed by atoms with Gasteiger partial charge in [0.2, 0.25) is 0 Å². The smallest absolute Gasteiger partial charge is 0.142 e. The lowest BCUT2D eigenvalue weighted by Crippen LogP contribution is -2.14. The molecule has 2 aromatic rings. The Balaban J connectivity index is 2.31. The molecule has 0 aromatic carbocycles. The van der Waals surface area contributed by atoms with Crippen LogP contribution in [0.1, 0.15) is 5.69 Å². The molecule has 0 aliphatic carbocycles. The van der Waals surface area contributed by atoms with Gasteiger partial charge in [0.1, 0.15) is 16.6 Å². The van der Waals surface area contributed by atoms with Gasteiger partial charge in [-0.3, -0.25) is 15.4 Å². The van der Waals surface area contributed by atoms with Gasteiger partial charge in [-0.25, -0.2) is 4.98 Å². The first-order valence-corrected chi connectivity index (χ1v) is 5.32. The van der Waals surface area contributed by atoms with E-state index in [0.717, 1.165) is 9.92 Å². The third-order valence-corrected chi connectivity index (χ3v) is 2.75. The number of pyridine rings is 1. The van der Waals surface area contributed by atoms with Crippen molar-refractivity contribution < 1.29 is 0 Å². The van der Waals surface area contributed by atoms with Crippen LogP contribution in [0.4, 0.5) is 0 Å². The quantitative estimate of drug-likeness (QED) is 0.614. The lowest BCUT2D eigenvalue weighted by molar-refractivity contribution is 1.05. The second kappa shape index (κ2) is 4.71. The van der Waals surface area contributed by atoms with Crippen LogP contribution in [0.25, 0.3) is 0 Å². The van der Waals surface area contributed by atoms with E-state index in [0.29, 0.717) is 5.69 Å². The fourth-order valence-electron chi connectivity index (χ4n) is 1.13. The maximum absolute atomic E-state index is 7.41. The summed E-state index contributed by atoms with van der Waals surface area (Å²) in [5.74, 6) is -0.0491. The van der Waals surface area contributed by atoms with Crippen molar-refractivity contribution in [3.8, 4) is 0 Å². The Morgan fingerprint density at radius 3 is 2.81 bits per heavy atom. The topological polar surface area (TPSA) is 88.5 Å². The molecular weight excluding hydrogens is 222 g/mol. The van der Waals surface area contributed by atoms with Crippen molar-refractivity contribution in [1.29, 1.82) is 5.41 Å². The predicted octanol–water partition coefficient (Wildman–Crippen LogP) is 1.31. The number of aromatic nitrogens is 3. The molecule has 0 fully saturated rings.